The van der Waals surface area contributed by atoms with Crippen LogP contribution in [0.15, 0.2) is 42.5 Å². The Balaban J connectivity index is 1.24. The molecule has 2 aliphatic rings. The lowest BCUT2D eigenvalue weighted by Gasteiger charge is -2.33. The highest BCUT2D eigenvalue weighted by molar-refractivity contribution is 5.79. The van der Waals surface area contributed by atoms with Crippen LogP contribution in [0.1, 0.15) is 35.0 Å². The summed E-state index contributed by atoms with van der Waals surface area (Å²) in [6.07, 6.45) is 2.15. The van der Waals surface area contributed by atoms with Crippen LogP contribution in [0.5, 0.6) is 5.75 Å². The Kier molecular flexibility index (Phi) is 6.00. The van der Waals surface area contributed by atoms with Crippen LogP contribution >= 0.6 is 0 Å². The first-order chi connectivity index (χ1) is 16.0. The number of pyridine rings is 1. The maximum Gasteiger partial charge on any atom is 0.227 e. The highest BCUT2D eigenvalue weighted by atomic mass is 16.5. The van der Waals surface area contributed by atoms with E-state index in [1.165, 1.54) is 5.56 Å². The molecular weight excluding hydrogens is 418 g/mol. The van der Waals surface area contributed by atoms with Crippen LogP contribution in [0.4, 0.5) is 11.6 Å². The molecule has 8 nitrogen and oxygen atoms in total. The molecule has 1 saturated heterocycles. The molecule has 1 N–H and O–H groups in total. The van der Waals surface area contributed by atoms with Gasteiger partial charge < -0.3 is 19.7 Å². The van der Waals surface area contributed by atoms with Crippen LogP contribution in [0.3, 0.4) is 0 Å². The van der Waals surface area contributed by atoms with Crippen molar-refractivity contribution in [2.24, 2.45) is 7.05 Å². The Labute approximate surface area is 193 Å². The van der Waals surface area contributed by atoms with Gasteiger partial charge in [-0.25, -0.2) is 4.98 Å². The van der Waals surface area contributed by atoms with Gasteiger partial charge in [0.1, 0.15) is 17.7 Å². The number of carbonyl (C=O) groups excluding carboxylic acids is 1. The number of aryl methyl sites for hydroxylation is 3. The molecule has 172 valence electrons. The van der Waals surface area contributed by atoms with Crippen molar-refractivity contribution in [3.8, 4) is 5.75 Å². The Morgan fingerprint density at radius 3 is 2.94 bits per heavy atom. The lowest BCUT2D eigenvalue weighted by Crippen LogP contribution is -2.43. The van der Waals surface area contributed by atoms with Gasteiger partial charge in [0.05, 0.1) is 31.9 Å². The van der Waals surface area contributed by atoms with E-state index in [2.05, 4.69) is 16.5 Å². The molecule has 33 heavy (non-hydrogen) atoms. The summed E-state index contributed by atoms with van der Waals surface area (Å²) in [5.74, 6) is 2.51. The molecule has 0 saturated carbocycles. The SMILES string of the molecule is Cc1cc(Nc2cccc([C@@H]3CN(C(=O)Cc4ccc5c(c4)CCCO5)CCO3)n2)nn1C. The molecule has 3 aromatic rings. The van der Waals surface area contributed by atoms with Crippen molar-refractivity contribution in [1.29, 1.82) is 0 Å². The Hall–Kier alpha value is -3.39. The molecule has 2 aliphatic heterocycles. The zero-order valence-corrected chi connectivity index (χ0v) is 19.1. The maximum atomic E-state index is 13.1. The van der Waals surface area contributed by atoms with Crippen LogP contribution in [-0.2, 0) is 29.4 Å². The average Bonchev–Trinajstić information content (AvgIpc) is 3.15. The lowest BCUT2D eigenvalue weighted by molar-refractivity contribution is -0.138. The summed E-state index contributed by atoms with van der Waals surface area (Å²) in [5.41, 5.74) is 4.09. The first-order valence-corrected chi connectivity index (χ1v) is 11.4. The van der Waals surface area contributed by atoms with E-state index in [9.17, 15) is 4.79 Å². The number of rotatable bonds is 5. The monoisotopic (exact) mass is 447 g/mol. The van der Waals surface area contributed by atoms with E-state index in [1.54, 1.807) is 0 Å². The summed E-state index contributed by atoms with van der Waals surface area (Å²) in [5, 5.41) is 7.67. The number of fused-ring (bicyclic) bond motifs is 1. The number of nitrogens with one attached hydrogen (secondary N) is 1. The molecule has 0 radical (unpaired) electrons. The highest BCUT2D eigenvalue weighted by Gasteiger charge is 2.27. The quantitative estimate of drug-likeness (QED) is 0.646. The molecule has 1 amide bonds. The summed E-state index contributed by atoms with van der Waals surface area (Å²) < 4.78 is 13.5. The summed E-state index contributed by atoms with van der Waals surface area (Å²) in [7, 11) is 1.91. The van der Waals surface area contributed by atoms with Crippen LogP contribution in [-0.4, -0.2) is 51.9 Å². The third-order valence-electron chi connectivity index (χ3n) is 6.22. The number of morpholine rings is 1. The highest BCUT2D eigenvalue weighted by Crippen LogP contribution is 2.27. The predicted molar refractivity (Wildman–Crippen MR) is 125 cm³/mol. The topological polar surface area (TPSA) is 81.5 Å². The minimum atomic E-state index is -0.258. The second kappa shape index (κ2) is 9.23. The second-order valence-corrected chi connectivity index (χ2v) is 8.64. The van der Waals surface area contributed by atoms with Crippen LogP contribution in [0, 0.1) is 6.92 Å². The largest absolute Gasteiger partial charge is 0.493 e. The van der Waals surface area contributed by atoms with Gasteiger partial charge in [-0.3, -0.25) is 9.48 Å². The fourth-order valence-electron chi connectivity index (χ4n) is 4.32. The fourth-order valence-corrected chi connectivity index (χ4v) is 4.32. The Bertz CT molecular complexity index is 1140. The van der Waals surface area contributed by atoms with Crippen LogP contribution in [0.2, 0.25) is 0 Å². The fraction of sp³-hybridized carbons (Fsp3) is 0.400. The van der Waals surface area contributed by atoms with E-state index in [-0.39, 0.29) is 12.0 Å². The predicted octanol–water partition coefficient (Wildman–Crippen LogP) is 3.33. The number of hydrogen-bond donors (Lipinski definition) is 1. The summed E-state index contributed by atoms with van der Waals surface area (Å²) in [4.78, 5) is 19.7. The van der Waals surface area contributed by atoms with Crippen molar-refractivity contribution in [3.05, 3.63) is 65.0 Å². The first kappa shape index (κ1) is 21.5. The van der Waals surface area contributed by atoms with Crippen LogP contribution < -0.4 is 10.1 Å². The Morgan fingerprint density at radius 1 is 1.18 bits per heavy atom. The maximum absolute atomic E-state index is 13.1. The third kappa shape index (κ3) is 4.85. The molecule has 1 fully saturated rings. The normalized spacial score (nSPS) is 17.9. The van der Waals surface area contributed by atoms with E-state index >= 15 is 0 Å². The van der Waals surface area contributed by atoms with Gasteiger partial charge in [0.25, 0.3) is 0 Å². The standard InChI is InChI=1S/C25H29N5O3/c1-17-13-24(28-29(17)2)27-23-7-3-6-20(26-23)22-16-30(10-12-33-22)25(31)15-18-8-9-21-19(14-18)5-4-11-32-21/h3,6-9,13-14,22H,4-5,10-12,15-16H2,1-2H3,(H,26,27,28)/t22-/m0/s1. The zero-order chi connectivity index (χ0) is 22.8. The minimum Gasteiger partial charge on any atom is -0.493 e. The summed E-state index contributed by atoms with van der Waals surface area (Å²) >= 11 is 0. The number of carbonyl (C=O) groups is 1. The molecule has 1 atom stereocenters. The number of aromatic nitrogens is 3. The molecule has 0 aliphatic carbocycles. The number of benzene rings is 1. The molecule has 0 bridgehead atoms. The van der Waals surface area contributed by atoms with E-state index < -0.39 is 0 Å². The van der Waals surface area contributed by atoms with Crippen LogP contribution in [0.25, 0.3) is 0 Å². The van der Waals surface area contributed by atoms with Crippen molar-refractivity contribution in [3.63, 3.8) is 0 Å². The van der Waals surface area contributed by atoms with Gasteiger partial charge >= 0.3 is 0 Å². The molecule has 8 heteroatoms. The molecule has 0 spiro atoms. The molecule has 0 unspecified atom stereocenters. The van der Waals surface area contributed by atoms with Crippen molar-refractivity contribution in [2.75, 3.05) is 31.6 Å². The van der Waals surface area contributed by atoms with E-state index in [0.29, 0.717) is 31.9 Å². The van der Waals surface area contributed by atoms with Gasteiger partial charge in [-0.15, -0.1) is 0 Å². The molecule has 1 aromatic carbocycles. The lowest BCUT2D eigenvalue weighted by atomic mass is 10.0. The number of amides is 1. The number of nitrogens with zero attached hydrogens (tertiary/aromatic N) is 4. The van der Waals surface area contributed by atoms with Gasteiger partial charge in [0.15, 0.2) is 5.82 Å². The van der Waals surface area contributed by atoms with Crippen molar-refractivity contribution < 1.29 is 14.3 Å². The van der Waals surface area contributed by atoms with Crippen molar-refractivity contribution in [1.82, 2.24) is 19.7 Å². The molecular formula is C25H29N5O3. The van der Waals surface area contributed by atoms with E-state index in [0.717, 1.165) is 48.0 Å². The smallest absolute Gasteiger partial charge is 0.227 e. The van der Waals surface area contributed by atoms with Crippen molar-refractivity contribution in [2.45, 2.75) is 32.3 Å². The van der Waals surface area contributed by atoms with Gasteiger partial charge in [0.2, 0.25) is 5.91 Å². The van der Waals surface area contributed by atoms with Gasteiger partial charge in [0, 0.05) is 25.4 Å². The third-order valence-corrected chi connectivity index (χ3v) is 6.22. The number of anilines is 2. The summed E-state index contributed by atoms with van der Waals surface area (Å²) in [6.45, 7) is 4.35. The second-order valence-electron chi connectivity index (χ2n) is 8.64. The molecule has 2 aromatic heterocycles. The first-order valence-electron chi connectivity index (χ1n) is 11.4. The zero-order valence-electron chi connectivity index (χ0n) is 19.1. The molecule has 4 heterocycles. The van der Waals surface area contributed by atoms with E-state index in [1.807, 2.05) is 60.0 Å². The number of ether oxygens (including phenoxy) is 2. The van der Waals surface area contributed by atoms with E-state index in [4.69, 9.17) is 14.5 Å². The average molecular weight is 448 g/mol. The number of hydrogen-bond acceptors (Lipinski definition) is 6. The molecule has 5 rings (SSSR count). The van der Waals surface area contributed by atoms with Crippen molar-refractivity contribution >= 4 is 17.5 Å². The van der Waals surface area contributed by atoms with Gasteiger partial charge in [-0.1, -0.05) is 18.2 Å². The minimum absolute atomic E-state index is 0.109. The van der Waals surface area contributed by atoms with Gasteiger partial charge in [-0.05, 0) is 49.1 Å². The Morgan fingerprint density at radius 2 is 2.09 bits per heavy atom. The summed E-state index contributed by atoms with van der Waals surface area (Å²) in [6, 6.07) is 13.9. The van der Waals surface area contributed by atoms with Gasteiger partial charge in [-0.2, -0.15) is 5.10 Å².